The lowest BCUT2D eigenvalue weighted by Crippen LogP contribution is -2.30. The number of carbonyl (C=O) groups is 2. The largest absolute Gasteiger partial charge is 0.351 e. The molecule has 98 valence electrons. The first-order valence-corrected chi connectivity index (χ1v) is 6.62. The molecule has 0 heterocycles. The summed E-state index contributed by atoms with van der Waals surface area (Å²) in [5, 5.41) is 2.69. The quantitative estimate of drug-likeness (QED) is 0.829. The summed E-state index contributed by atoms with van der Waals surface area (Å²) in [6.07, 6.45) is 0.289. The van der Waals surface area contributed by atoms with Crippen LogP contribution in [0.5, 0.6) is 0 Å². The van der Waals surface area contributed by atoms with Crippen LogP contribution in [0.3, 0.4) is 0 Å². The molecule has 0 aliphatic heterocycles. The molecule has 0 saturated heterocycles. The van der Waals surface area contributed by atoms with Crippen molar-refractivity contribution >= 4 is 40.4 Å². The van der Waals surface area contributed by atoms with E-state index in [0.717, 1.165) is 4.47 Å². The summed E-state index contributed by atoms with van der Waals surface area (Å²) in [4.78, 5) is 25.2. The molecular formula is C12H15BrN2O2S. The summed E-state index contributed by atoms with van der Waals surface area (Å²) in [5.74, 6) is -0.240. The molecule has 0 spiro atoms. The van der Waals surface area contributed by atoms with Gasteiger partial charge in [0.1, 0.15) is 0 Å². The van der Waals surface area contributed by atoms with Gasteiger partial charge < -0.3 is 10.2 Å². The Kier molecular flexibility index (Phi) is 5.68. The van der Waals surface area contributed by atoms with E-state index in [1.165, 1.54) is 4.90 Å². The topological polar surface area (TPSA) is 49.4 Å². The molecule has 0 bridgehead atoms. The number of amides is 2. The number of hydrogen-bond donors (Lipinski definition) is 2. The van der Waals surface area contributed by atoms with Gasteiger partial charge in [0.05, 0.1) is 5.56 Å². The molecule has 6 heteroatoms. The van der Waals surface area contributed by atoms with Gasteiger partial charge in [0.2, 0.25) is 5.91 Å². The zero-order chi connectivity index (χ0) is 13.7. The maximum atomic E-state index is 11.8. The molecule has 1 aromatic rings. The van der Waals surface area contributed by atoms with Crippen molar-refractivity contribution in [2.45, 2.75) is 11.3 Å². The van der Waals surface area contributed by atoms with E-state index in [-0.39, 0.29) is 18.2 Å². The van der Waals surface area contributed by atoms with Crippen molar-refractivity contribution in [2.24, 2.45) is 0 Å². The molecule has 1 aromatic carbocycles. The number of carbonyl (C=O) groups excluding carboxylic acids is 2. The van der Waals surface area contributed by atoms with Crippen LogP contribution in [0, 0.1) is 0 Å². The molecule has 0 atom stereocenters. The SMILES string of the molecule is CN(C)C(=O)CCNC(=O)c1ccc(Br)cc1S. The Hall–Kier alpha value is -1.01. The molecular weight excluding hydrogens is 316 g/mol. The van der Waals surface area contributed by atoms with Crippen molar-refractivity contribution in [3.8, 4) is 0 Å². The van der Waals surface area contributed by atoms with Crippen molar-refractivity contribution in [1.82, 2.24) is 10.2 Å². The van der Waals surface area contributed by atoms with Gasteiger partial charge in [-0.2, -0.15) is 0 Å². The molecule has 0 fully saturated rings. The van der Waals surface area contributed by atoms with Gasteiger partial charge >= 0.3 is 0 Å². The molecule has 0 aromatic heterocycles. The maximum absolute atomic E-state index is 11.8. The van der Waals surface area contributed by atoms with Crippen LogP contribution in [0.4, 0.5) is 0 Å². The fourth-order valence-electron chi connectivity index (χ4n) is 1.30. The number of halogens is 1. The molecule has 0 aliphatic rings. The Morgan fingerprint density at radius 1 is 1.39 bits per heavy atom. The number of thiol groups is 1. The number of hydrogen-bond acceptors (Lipinski definition) is 3. The summed E-state index contributed by atoms with van der Waals surface area (Å²) < 4.78 is 0.867. The molecule has 1 N–H and O–H groups in total. The predicted molar refractivity (Wildman–Crippen MR) is 77.0 cm³/mol. The van der Waals surface area contributed by atoms with E-state index in [9.17, 15) is 9.59 Å². The molecule has 0 unspecified atom stereocenters. The van der Waals surface area contributed by atoms with Gasteiger partial charge in [-0.1, -0.05) is 15.9 Å². The summed E-state index contributed by atoms with van der Waals surface area (Å²) in [5.41, 5.74) is 0.499. The first-order valence-electron chi connectivity index (χ1n) is 5.38. The summed E-state index contributed by atoms with van der Waals surface area (Å²) in [6, 6.07) is 5.22. The third kappa shape index (κ3) is 4.34. The molecule has 0 aliphatic carbocycles. The summed E-state index contributed by atoms with van der Waals surface area (Å²) in [6.45, 7) is 0.319. The maximum Gasteiger partial charge on any atom is 0.252 e. The van der Waals surface area contributed by atoms with Crippen molar-refractivity contribution in [1.29, 1.82) is 0 Å². The van der Waals surface area contributed by atoms with E-state index in [2.05, 4.69) is 33.9 Å². The standard InChI is InChI=1S/C12H15BrN2O2S/c1-15(2)11(16)5-6-14-12(17)9-4-3-8(13)7-10(9)18/h3-4,7,18H,5-6H2,1-2H3,(H,14,17). The minimum atomic E-state index is -0.223. The van der Waals surface area contributed by atoms with Crippen LogP contribution < -0.4 is 5.32 Å². The van der Waals surface area contributed by atoms with E-state index in [1.54, 1.807) is 32.3 Å². The Labute approximate surface area is 120 Å². The average molecular weight is 331 g/mol. The highest BCUT2D eigenvalue weighted by molar-refractivity contribution is 9.10. The molecule has 0 saturated carbocycles. The summed E-state index contributed by atoms with van der Waals surface area (Å²) >= 11 is 7.54. The Morgan fingerprint density at radius 2 is 2.06 bits per heavy atom. The lowest BCUT2D eigenvalue weighted by atomic mass is 10.2. The normalized spacial score (nSPS) is 10.0. The molecule has 4 nitrogen and oxygen atoms in total. The number of nitrogens with one attached hydrogen (secondary N) is 1. The van der Waals surface area contributed by atoms with Gasteiger partial charge in [0.15, 0.2) is 0 Å². The highest BCUT2D eigenvalue weighted by Gasteiger charge is 2.10. The Morgan fingerprint density at radius 3 is 2.61 bits per heavy atom. The van der Waals surface area contributed by atoms with Crippen LogP contribution in [-0.2, 0) is 4.79 Å². The number of rotatable bonds is 4. The van der Waals surface area contributed by atoms with Gasteiger partial charge in [0, 0.05) is 36.4 Å². The first kappa shape index (κ1) is 15.0. The lowest BCUT2D eigenvalue weighted by Gasteiger charge is -2.11. The second-order valence-electron chi connectivity index (χ2n) is 3.96. The number of nitrogens with zero attached hydrogens (tertiary/aromatic N) is 1. The number of benzene rings is 1. The van der Waals surface area contributed by atoms with E-state index in [0.29, 0.717) is 17.0 Å². The van der Waals surface area contributed by atoms with Crippen LogP contribution in [0.15, 0.2) is 27.6 Å². The van der Waals surface area contributed by atoms with Crippen LogP contribution in [0.2, 0.25) is 0 Å². The molecule has 0 radical (unpaired) electrons. The van der Waals surface area contributed by atoms with Crippen LogP contribution in [0.1, 0.15) is 16.8 Å². The highest BCUT2D eigenvalue weighted by Crippen LogP contribution is 2.19. The smallest absolute Gasteiger partial charge is 0.252 e. The second kappa shape index (κ2) is 6.80. The highest BCUT2D eigenvalue weighted by atomic mass is 79.9. The van der Waals surface area contributed by atoms with E-state index in [4.69, 9.17) is 0 Å². The van der Waals surface area contributed by atoms with Crippen LogP contribution in [-0.4, -0.2) is 37.4 Å². The zero-order valence-corrected chi connectivity index (χ0v) is 12.7. The van der Waals surface area contributed by atoms with Gasteiger partial charge in [-0.25, -0.2) is 0 Å². The summed E-state index contributed by atoms with van der Waals surface area (Å²) in [7, 11) is 3.37. The Balaban J connectivity index is 2.53. The monoisotopic (exact) mass is 330 g/mol. The first-order chi connectivity index (χ1) is 8.41. The molecule has 2 amide bonds. The average Bonchev–Trinajstić information content (AvgIpc) is 2.28. The molecule has 1 rings (SSSR count). The lowest BCUT2D eigenvalue weighted by molar-refractivity contribution is -0.128. The fraction of sp³-hybridized carbons (Fsp3) is 0.333. The van der Waals surface area contributed by atoms with Crippen molar-refractivity contribution < 1.29 is 9.59 Å². The van der Waals surface area contributed by atoms with Gasteiger partial charge in [0.25, 0.3) is 5.91 Å². The Bertz CT molecular complexity index is 463. The van der Waals surface area contributed by atoms with Gasteiger partial charge in [-0.3, -0.25) is 9.59 Å². The van der Waals surface area contributed by atoms with Gasteiger partial charge in [-0.05, 0) is 18.2 Å². The van der Waals surface area contributed by atoms with Crippen LogP contribution >= 0.6 is 28.6 Å². The molecule has 18 heavy (non-hydrogen) atoms. The fourth-order valence-corrected chi connectivity index (χ4v) is 2.15. The minimum Gasteiger partial charge on any atom is -0.351 e. The van der Waals surface area contributed by atoms with Gasteiger partial charge in [-0.15, -0.1) is 12.6 Å². The third-order valence-electron chi connectivity index (χ3n) is 2.33. The minimum absolute atomic E-state index is 0.0165. The zero-order valence-electron chi connectivity index (χ0n) is 10.2. The van der Waals surface area contributed by atoms with E-state index in [1.807, 2.05) is 0 Å². The van der Waals surface area contributed by atoms with E-state index < -0.39 is 0 Å². The third-order valence-corrected chi connectivity index (χ3v) is 3.19. The van der Waals surface area contributed by atoms with Crippen molar-refractivity contribution in [3.05, 3.63) is 28.2 Å². The van der Waals surface area contributed by atoms with Crippen molar-refractivity contribution in [2.75, 3.05) is 20.6 Å². The van der Waals surface area contributed by atoms with Crippen molar-refractivity contribution in [3.63, 3.8) is 0 Å². The van der Waals surface area contributed by atoms with Crippen LogP contribution in [0.25, 0.3) is 0 Å². The second-order valence-corrected chi connectivity index (χ2v) is 5.35. The predicted octanol–water partition coefficient (Wildman–Crippen LogP) is 1.95. The van der Waals surface area contributed by atoms with E-state index >= 15 is 0 Å².